The minimum Gasteiger partial charge on any atom is -0.462 e. The Morgan fingerprint density at radius 2 is 0.963 bits per heavy atom. The van der Waals surface area contributed by atoms with Crippen molar-refractivity contribution in [2.24, 2.45) is 0 Å². The quantitative estimate of drug-likeness (QED) is 0.0382. The van der Waals surface area contributed by atoms with Crippen LogP contribution in [0.5, 0.6) is 0 Å². The highest BCUT2D eigenvalue weighted by Crippen LogP contribution is 2.13. The van der Waals surface area contributed by atoms with E-state index < -0.39 is 6.10 Å². The fourth-order valence-corrected chi connectivity index (χ4v) is 7.10. The standard InChI is InChI=1S/C47H86N2O5/c1-3-5-7-9-11-13-15-17-19-21-23-25-27-29-31-37-46(51)53-43-44(42-48-45(50)36-35-41-49-39-33-34-40-49)54-47(52)38-32-30-28-26-24-22-20-18-16-14-12-10-8-6-4-2/h17-20,44H,3-16,21-43H2,1-2H3,(H,48,50)/b19-17-,20-18-. The zero-order chi connectivity index (χ0) is 39.0. The van der Waals surface area contributed by atoms with Crippen LogP contribution in [0.25, 0.3) is 0 Å². The molecule has 1 saturated heterocycles. The lowest BCUT2D eigenvalue weighted by Crippen LogP contribution is -2.38. The van der Waals surface area contributed by atoms with E-state index in [-0.39, 0.29) is 31.0 Å². The monoisotopic (exact) mass is 759 g/mol. The van der Waals surface area contributed by atoms with Gasteiger partial charge in [0.2, 0.25) is 5.91 Å². The van der Waals surface area contributed by atoms with Crippen molar-refractivity contribution in [3.05, 3.63) is 24.3 Å². The number of nitrogens with zero attached hydrogens (tertiary/aromatic N) is 1. The normalized spacial score (nSPS) is 14.0. The van der Waals surface area contributed by atoms with Crippen molar-refractivity contribution in [3.8, 4) is 0 Å². The maximum Gasteiger partial charge on any atom is 0.306 e. The Bertz CT molecular complexity index is 929. The molecule has 1 aliphatic rings. The van der Waals surface area contributed by atoms with Crippen LogP contribution in [-0.2, 0) is 23.9 Å². The van der Waals surface area contributed by atoms with Crippen molar-refractivity contribution in [2.75, 3.05) is 32.8 Å². The zero-order valence-corrected chi connectivity index (χ0v) is 35.5. The summed E-state index contributed by atoms with van der Waals surface area (Å²) in [5.41, 5.74) is 0. The van der Waals surface area contributed by atoms with E-state index in [1.807, 2.05) is 0 Å². The van der Waals surface area contributed by atoms with E-state index in [1.165, 1.54) is 128 Å². The van der Waals surface area contributed by atoms with E-state index in [2.05, 4.69) is 48.4 Å². The number of likely N-dealkylation sites (tertiary alicyclic amines) is 1. The summed E-state index contributed by atoms with van der Waals surface area (Å²) in [6.45, 7) is 7.86. The molecule has 1 fully saturated rings. The Hall–Kier alpha value is -2.15. The molecule has 0 spiro atoms. The second-order valence-electron chi connectivity index (χ2n) is 15.9. The number of hydrogen-bond donors (Lipinski definition) is 1. The molecule has 0 aromatic rings. The van der Waals surface area contributed by atoms with Crippen molar-refractivity contribution < 1.29 is 23.9 Å². The second kappa shape index (κ2) is 39.1. The molecule has 1 aliphatic heterocycles. The maximum absolute atomic E-state index is 12.7. The van der Waals surface area contributed by atoms with Crippen LogP contribution in [-0.4, -0.2) is 61.6 Å². The second-order valence-corrected chi connectivity index (χ2v) is 15.9. The number of rotatable bonds is 39. The van der Waals surface area contributed by atoms with Gasteiger partial charge in [0.15, 0.2) is 6.10 Å². The minimum atomic E-state index is -0.666. The van der Waals surface area contributed by atoms with Gasteiger partial charge in [0.05, 0.1) is 6.54 Å². The third-order valence-corrected chi connectivity index (χ3v) is 10.6. The van der Waals surface area contributed by atoms with E-state index in [0.717, 1.165) is 77.4 Å². The van der Waals surface area contributed by atoms with Gasteiger partial charge in [-0.2, -0.15) is 0 Å². The summed E-state index contributed by atoms with van der Waals surface area (Å²) < 4.78 is 11.3. The smallest absolute Gasteiger partial charge is 0.306 e. The number of unbranched alkanes of at least 4 members (excludes halogenated alkanes) is 22. The molecule has 1 rings (SSSR count). The van der Waals surface area contributed by atoms with Gasteiger partial charge in [0.1, 0.15) is 6.61 Å². The first-order valence-electron chi connectivity index (χ1n) is 23.2. The number of nitrogens with one attached hydrogen (secondary N) is 1. The third-order valence-electron chi connectivity index (χ3n) is 10.6. The van der Waals surface area contributed by atoms with Crippen LogP contribution in [0, 0.1) is 0 Å². The summed E-state index contributed by atoms with van der Waals surface area (Å²) in [6, 6.07) is 0. The molecule has 7 nitrogen and oxygen atoms in total. The van der Waals surface area contributed by atoms with Gasteiger partial charge in [-0.25, -0.2) is 0 Å². The Labute approximate surface area is 333 Å². The first kappa shape index (κ1) is 49.9. The Kier molecular flexibility index (Phi) is 36.1. The topological polar surface area (TPSA) is 84.9 Å². The largest absolute Gasteiger partial charge is 0.462 e. The molecule has 0 aliphatic carbocycles. The third kappa shape index (κ3) is 34.3. The van der Waals surface area contributed by atoms with Gasteiger partial charge in [0, 0.05) is 19.3 Å². The van der Waals surface area contributed by atoms with Crippen LogP contribution in [0.4, 0.5) is 0 Å². The molecule has 7 heteroatoms. The molecule has 54 heavy (non-hydrogen) atoms. The van der Waals surface area contributed by atoms with Crippen LogP contribution in [0.15, 0.2) is 24.3 Å². The molecule has 0 radical (unpaired) electrons. The summed E-state index contributed by atoms with van der Waals surface area (Å²) in [6.07, 6.45) is 44.6. The summed E-state index contributed by atoms with van der Waals surface area (Å²) in [4.78, 5) is 40.2. The summed E-state index contributed by atoms with van der Waals surface area (Å²) in [7, 11) is 0. The maximum atomic E-state index is 12.7. The van der Waals surface area contributed by atoms with Crippen molar-refractivity contribution in [3.63, 3.8) is 0 Å². The highest BCUT2D eigenvalue weighted by atomic mass is 16.6. The number of carbonyl (C=O) groups excluding carboxylic acids is 3. The van der Waals surface area contributed by atoms with Crippen LogP contribution in [0.1, 0.15) is 219 Å². The lowest BCUT2D eigenvalue weighted by molar-refractivity contribution is -0.159. The van der Waals surface area contributed by atoms with E-state index in [0.29, 0.717) is 19.3 Å². The van der Waals surface area contributed by atoms with Gasteiger partial charge in [-0.3, -0.25) is 14.4 Å². The van der Waals surface area contributed by atoms with Crippen LogP contribution in [0.3, 0.4) is 0 Å². The molecule has 1 unspecified atom stereocenters. The molecule has 1 N–H and O–H groups in total. The van der Waals surface area contributed by atoms with E-state index in [1.54, 1.807) is 0 Å². The van der Waals surface area contributed by atoms with Gasteiger partial charge >= 0.3 is 11.9 Å². The first-order valence-corrected chi connectivity index (χ1v) is 23.2. The molecule has 1 amide bonds. The summed E-state index contributed by atoms with van der Waals surface area (Å²) in [5.74, 6) is -0.593. The molecule has 0 bridgehead atoms. The van der Waals surface area contributed by atoms with Gasteiger partial charge in [0.25, 0.3) is 0 Å². The summed E-state index contributed by atoms with van der Waals surface area (Å²) in [5, 5.41) is 2.92. The van der Waals surface area contributed by atoms with Crippen LogP contribution >= 0.6 is 0 Å². The highest BCUT2D eigenvalue weighted by Gasteiger charge is 2.19. The predicted molar refractivity (Wildman–Crippen MR) is 228 cm³/mol. The van der Waals surface area contributed by atoms with Gasteiger partial charge in [-0.1, -0.05) is 141 Å². The molecule has 0 aromatic heterocycles. The lowest BCUT2D eigenvalue weighted by atomic mass is 10.1. The lowest BCUT2D eigenvalue weighted by Gasteiger charge is -2.19. The number of esters is 2. The summed E-state index contributed by atoms with van der Waals surface area (Å²) >= 11 is 0. The Morgan fingerprint density at radius 3 is 1.44 bits per heavy atom. The number of hydrogen-bond acceptors (Lipinski definition) is 6. The Balaban J connectivity index is 2.23. The minimum absolute atomic E-state index is 0.0178. The zero-order valence-electron chi connectivity index (χ0n) is 35.5. The van der Waals surface area contributed by atoms with Crippen LogP contribution in [0.2, 0.25) is 0 Å². The van der Waals surface area contributed by atoms with E-state index in [4.69, 9.17) is 9.47 Å². The predicted octanol–water partition coefficient (Wildman–Crippen LogP) is 12.5. The number of ether oxygens (including phenoxy) is 2. The number of amides is 1. The van der Waals surface area contributed by atoms with Crippen molar-refractivity contribution in [2.45, 2.75) is 225 Å². The fourth-order valence-electron chi connectivity index (χ4n) is 7.10. The van der Waals surface area contributed by atoms with Crippen molar-refractivity contribution in [1.29, 1.82) is 0 Å². The highest BCUT2D eigenvalue weighted by molar-refractivity contribution is 5.76. The van der Waals surface area contributed by atoms with Gasteiger partial charge in [-0.15, -0.1) is 0 Å². The van der Waals surface area contributed by atoms with Crippen LogP contribution < -0.4 is 5.32 Å². The van der Waals surface area contributed by atoms with E-state index in [9.17, 15) is 14.4 Å². The Morgan fingerprint density at radius 1 is 0.537 bits per heavy atom. The fraction of sp³-hybridized carbons (Fsp3) is 0.851. The SMILES string of the molecule is CCCCCCCC/C=C\CCCCCCCC(=O)OCC(CNC(=O)CCCN1CCCC1)OC(=O)CCCCCCC/C=C\CCCCCCCC. The molecule has 1 heterocycles. The average molecular weight is 759 g/mol. The molecule has 314 valence electrons. The molecular weight excluding hydrogens is 673 g/mol. The van der Waals surface area contributed by atoms with E-state index >= 15 is 0 Å². The molecule has 1 atom stereocenters. The molecule has 0 aromatic carbocycles. The first-order chi connectivity index (χ1) is 26.5. The van der Waals surface area contributed by atoms with Gasteiger partial charge in [-0.05, 0) is 103 Å². The number of allylic oxidation sites excluding steroid dienone is 4. The molecule has 0 saturated carbocycles. The van der Waals surface area contributed by atoms with Crippen molar-refractivity contribution >= 4 is 17.8 Å². The molecular formula is C47H86N2O5. The van der Waals surface area contributed by atoms with Gasteiger partial charge < -0.3 is 19.7 Å². The number of carbonyl (C=O) groups is 3. The average Bonchev–Trinajstić information content (AvgIpc) is 3.69. The van der Waals surface area contributed by atoms with Crippen molar-refractivity contribution in [1.82, 2.24) is 10.2 Å².